The molecule has 2 atom stereocenters. The summed E-state index contributed by atoms with van der Waals surface area (Å²) < 4.78 is 0.875. The van der Waals surface area contributed by atoms with Crippen molar-refractivity contribution in [2.75, 3.05) is 11.9 Å². The van der Waals surface area contributed by atoms with Crippen LogP contribution >= 0.6 is 15.9 Å². The Morgan fingerprint density at radius 1 is 1.31 bits per heavy atom. The molecule has 16 heavy (non-hydrogen) atoms. The molecule has 2 rings (SSSR count). The number of rotatable bonds is 3. The Morgan fingerprint density at radius 2 is 2.00 bits per heavy atom. The summed E-state index contributed by atoms with van der Waals surface area (Å²) in [4.78, 5) is 8.38. The van der Waals surface area contributed by atoms with Gasteiger partial charge in [-0.15, -0.1) is 0 Å². The van der Waals surface area contributed by atoms with Gasteiger partial charge in [0.25, 0.3) is 0 Å². The number of nitrogens with one attached hydrogen (secondary N) is 1. The van der Waals surface area contributed by atoms with Crippen molar-refractivity contribution in [2.24, 2.45) is 5.92 Å². The third kappa shape index (κ3) is 2.92. The number of halogens is 1. The SMILES string of the molecule is OCC1CCCCC1Nc1ncc(Br)cn1. The molecule has 0 radical (unpaired) electrons. The van der Waals surface area contributed by atoms with Gasteiger partial charge in [-0.3, -0.25) is 0 Å². The van der Waals surface area contributed by atoms with Crippen molar-refractivity contribution in [3.8, 4) is 0 Å². The number of hydrogen-bond acceptors (Lipinski definition) is 4. The Labute approximate surface area is 104 Å². The molecule has 2 N–H and O–H groups in total. The minimum absolute atomic E-state index is 0.244. The smallest absolute Gasteiger partial charge is 0.222 e. The van der Waals surface area contributed by atoms with Crippen LogP contribution in [0.2, 0.25) is 0 Å². The van der Waals surface area contributed by atoms with Crippen molar-refractivity contribution in [1.29, 1.82) is 0 Å². The summed E-state index contributed by atoms with van der Waals surface area (Å²) in [5.41, 5.74) is 0. The van der Waals surface area contributed by atoms with E-state index in [-0.39, 0.29) is 6.61 Å². The van der Waals surface area contributed by atoms with E-state index in [0.29, 0.717) is 17.9 Å². The Balaban J connectivity index is 1.99. The first-order valence-electron chi connectivity index (χ1n) is 5.64. The van der Waals surface area contributed by atoms with Crippen molar-refractivity contribution < 1.29 is 5.11 Å². The van der Waals surface area contributed by atoms with Crippen molar-refractivity contribution in [1.82, 2.24) is 9.97 Å². The molecule has 0 aliphatic heterocycles. The lowest BCUT2D eigenvalue weighted by atomic mass is 9.85. The normalized spacial score (nSPS) is 25.4. The quantitative estimate of drug-likeness (QED) is 0.894. The summed E-state index contributed by atoms with van der Waals surface area (Å²) in [7, 11) is 0. The molecule has 1 aromatic rings. The van der Waals surface area contributed by atoms with Crippen molar-refractivity contribution in [3.63, 3.8) is 0 Å². The predicted molar refractivity (Wildman–Crippen MR) is 66.2 cm³/mol. The van der Waals surface area contributed by atoms with Crippen molar-refractivity contribution in [2.45, 2.75) is 31.7 Å². The lowest BCUT2D eigenvalue weighted by Gasteiger charge is -2.30. The van der Waals surface area contributed by atoms with Gasteiger partial charge >= 0.3 is 0 Å². The first-order valence-corrected chi connectivity index (χ1v) is 6.44. The van der Waals surface area contributed by atoms with Gasteiger partial charge in [0.1, 0.15) is 0 Å². The fourth-order valence-electron chi connectivity index (χ4n) is 2.17. The highest BCUT2D eigenvalue weighted by Gasteiger charge is 2.24. The first-order chi connectivity index (χ1) is 7.79. The second-order valence-corrected chi connectivity index (χ2v) is 5.12. The molecule has 0 amide bonds. The van der Waals surface area contributed by atoms with E-state index in [1.54, 1.807) is 12.4 Å². The lowest BCUT2D eigenvalue weighted by molar-refractivity contribution is 0.178. The van der Waals surface area contributed by atoms with Crippen LogP contribution in [0.3, 0.4) is 0 Å². The maximum atomic E-state index is 9.30. The van der Waals surface area contributed by atoms with E-state index >= 15 is 0 Å². The van der Waals surface area contributed by atoms with Gasteiger partial charge in [-0.05, 0) is 28.8 Å². The van der Waals surface area contributed by atoms with Gasteiger partial charge in [0.2, 0.25) is 5.95 Å². The van der Waals surface area contributed by atoms with E-state index < -0.39 is 0 Å². The molecule has 88 valence electrons. The first kappa shape index (κ1) is 11.8. The van der Waals surface area contributed by atoms with Crippen LogP contribution in [0.4, 0.5) is 5.95 Å². The topological polar surface area (TPSA) is 58.0 Å². The molecule has 0 bridgehead atoms. The fourth-order valence-corrected chi connectivity index (χ4v) is 2.37. The summed E-state index contributed by atoms with van der Waals surface area (Å²) in [6.07, 6.45) is 8.06. The van der Waals surface area contributed by atoms with E-state index in [0.717, 1.165) is 17.3 Å². The molecule has 1 aliphatic rings. The zero-order valence-corrected chi connectivity index (χ0v) is 10.7. The number of hydrogen-bond donors (Lipinski definition) is 2. The van der Waals surface area contributed by atoms with Crippen LogP contribution in [0, 0.1) is 5.92 Å². The highest BCUT2D eigenvalue weighted by atomic mass is 79.9. The number of aliphatic hydroxyl groups excluding tert-OH is 1. The van der Waals surface area contributed by atoms with Gasteiger partial charge in [-0.1, -0.05) is 12.8 Å². The van der Waals surface area contributed by atoms with E-state index in [4.69, 9.17) is 0 Å². The molecule has 1 fully saturated rings. The van der Waals surface area contributed by atoms with Crippen LogP contribution < -0.4 is 5.32 Å². The fraction of sp³-hybridized carbons (Fsp3) is 0.636. The zero-order valence-electron chi connectivity index (χ0n) is 9.06. The van der Waals surface area contributed by atoms with E-state index in [1.165, 1.54) is 12.8 Å². The van der Waals surface area contributed by atoms with Crippen LogP contribution in [-0.2, 0) is 0 Å². The highest BCUT2D eigenvalue weighted by molar-refractivity contribution is 9.10. The molecule has 1 heterocycles. The average Bonchev–Trinajstić information content (AvgIpc) is 2.33. The second-order valence-electron chi connectivity index (χ2n) is 4.20. The molecule has 5 heteroatoms. The Hall–Kier alpha value is -0.680. The van der Waals surface area contributed by atoms with Gasteiger partial charge < -0.3 is 10.4 Å². The Morgan fingerprint density at radius 3 is 2.69 bits per heavy atom. The molecule has 4 nitrogen and oxygen atoms in total. The van der Waals surface area contributed by atoms with Crippen molar-refractivity contribution in [3.05, 3.63) is 16.9 Å². The minimum atomic E-state index is 0.244. The number of aliphatic hydroxyl groups is 1. The summed E-state index contributed by atoms with van der Waals surface area (Å²) in [6.45, 7) is 0.244. The van der Waals surface area contributed by atoms with Crippen molar-refractivity contribution >= 4 is 21.9 Å². The molecule has 1 aliphatic carbocycles. The average molecular weight is 286 g/mol. The number of anilines is 1. The van der Waals surface area contributed by atoms with Crippen LogP contribution in [0.5, 0.6) is 0 Å². The molecule has 0 saturated heterocycles. The largest absolute Gasteiger partial charge is 0.396 e. The van der Waals surface area contributed by atoms with E-state index in [9.17, 15) is 5.11 Å². The van der Waals surface area contributed by atoms with Crippen LogP contribution in [-0.4, -0.2) is 27.7 Å². The summed E-state index contributed by atoms with van der Waals surface area (Å²) in [5, 5.41) is 12.6. The Kier molecular flexibility index (Phi) is 4.12. The molecule has 1 aromatic heterocycles. The third-order valence-corrected chi connectivity index (χ3v) is 3.49. The van der Waals surface area contributed by atoms with Gasteiger partial charge in [0.15, 0.2) is 0 Å². The van der Waals surface area contributed by atoms with E-state index in [2.05, 4.69) is 31.2 Å². The van der Waals surface area contributed by atoms with E-state index in [1.807, 2.05) is 0 Å². The van der Waals surface area contributed by atoms with Crippen LogP contribution in [0.25, 0.3) is 0 Å². The summed E-state index contributed by atoms with van der Waals surface area (Å²) in [5.74, 6) is 0.981. The molecule has 2 unspecified atom stereocenters. The molecule has 0 aromatic carbocycles. The minimum Gasteiger partial charge on any atom is -0.396 e. The van der Waals surface area contributed by atoms with Gasteiger partial charge in [-0.25, -0.2) is 9.97 Å². The monoisotopic (exact) mass is 285 g/mol. The maximum Gasteiger partial charge on any atom is 0.222 e. The summed E-state index contributed by atoms with van der Waals surface area (Å²) in [6, 6.07) is 0.305. The molecular weight excluding hydrogens is 270 g/mol. The Bertz CT molecular complexity index is 331. The van der Waals surface area contributed by atoms with Gasteiger partial charge in [-0.2, -0.15) is 0 Å². The molecule has 0 spiro atoms. The second kappa shape index (κ2) is 5.59. The number of aromatic nitrogens is 2. The molecule has 1 saturated carbocycles. The van der Waals surface area contributed by atoms with Crippen LogP contribution in [0.1, 0.15) is 25.7 Å². The lowest BCUT2D eigenvalue weighted by Crippen LogP contribution is -2.34. The standard InChI is InChI=1S/C11H16BrN3O/c12-9-5-13-11(14-6-9)15-10-4-2-1-3-8(10)7-16/h5-6,8,10,16H,1-4,7H2,(H,13,14,15). The highest BCUT2D eigenvalue weighted by Crippen LogP contribution is 2.26. The maximum absolute atomic E-state index is 9.30. The predicted octanol–water partition coefficient (Wildman–Crippen LogP) is 2.20. The molecular formula is C11H16BrN3O. The van der Waals surface area contributed by atoms with Gasteiger partial charge in [0.05, 0.1) is 4.47 Å². The van der Waals surface area contributed by atoms with Crippen LogP contribution in [0.15, 0.2) is 16.9 Å². The number of nitrogens with zero attached hydrogens (tertiary/aromatic N) is 2. The summed E-state index contributed by atoms with van der Waals surface area (Å²) >= 11 is 3.30. The van der Waals surface area contributed by atoms with Gasteiger partial charge in [0, 0.05) is 31.0 Å². The third-order valence-electron chi connectivity index (χ3n) is 3.08. The zero-order chi connectivity index (χ0) is 11.4.